The highest BCUT2D eigenvalue weighted by Crippen LogP contribution is 2.26. The van der Waals surface area contributed by atoms with E-state index >= 15 is 0 Å². The average molecular weight is 356 g/mol. The molecule has 0 aliphatic carbocycles. The predicted molar refractivity (Wildman–Crippen MR) is 112 cm³/mol. The van der Waals surface area contributed by atoms with Gasteiger partial charge in [-0.05, 0) is 86.2 Å². The molecule has 3 rings (SSSR count). The van der Waals surface area contributed by atoms with Crippen LogP contribution in [0, 0.1) is 6.92 Å². The maximum Gasteiger partial charge on any atom is 0.129 e. The molecule has 2 N–H and O–H groups in total. The number of unbranched alkanes of at least 4 members (excludes halogenated alkanes) is 1. The summed E-state index contributed by atoms with van der Waals surface area (Å²) in [6.07, 6.45) is 7.93. The molecule has 1 aromatic heterocycles. The van der Waals surface area contributed by atoms with Gasteiger partial charge in [0.1, 0.15) is 5.82 Å². The van der Waals surface area contributed by atoms with Gasteiger partial charge in [0.25, 0.3) is 0 Å². The molecule has 0 saturated carbocycles. The number of hydrogen-bond acceptors (Lipinski definition) is 4. The molecule has 1 saturated heterocycles. The zero-order chi connectivity index (χ0) is 17.6. The monoisotopic (exact) mass is 355 g/mol. The summed E-state index contributed by atoms with van der Waals surface area (Å²) >= 11 is 5.55. The molecule has 134 valence electrons. The number of piperidine rings is 1. The number of nitrogens with two attached hydrogens (primary N) is 1. The number of fused-ring (bicyclic) bond motifs is 1. The van der Waals surface area contributed by atoms with Crippen LogP contribution in [0.25, 0.3) is 10.9 Å². The van der Waals surface area contributed by atoms with Crippen molar-refractivity contribution < 1.29 is 0 Å². The first-order valence-corrected chi connectivity index (χ1v) is 9.95. The lowest BCUT2D eigenvalue weighted by atomic mass is 10.0. The Morgan fingerprint density at radius 1 is 1.16 bits per heavy atom. The Labute approximate surface area is 156 Å². The van der Waals surface area contributed by atoms with Crippen molar-refractivity contribution in [1.82, 2.24) is 4.98 Å². The molecule has 1 aliphatic rings. The van der Waals surface area contributed by atoms with Gasteiger partial charge in [0.2, 0.25) is 0 Å². The summed E-state index contributed by atoms with van der Waals surface area (Å²) in [4.78, 5) is 8.47. The Kier molecular flexibility index (Phi) is 6.38. The summed E-state index contributed by atoms with van der Waals surface area (Å²) in [5, 5.41) is 1.25. The first-order chi connectivity index (χ1) is 12.2. The predicted octanol–water partition coefficient (Wildman–Crippen LogP) is 4.57. The van der Waals surface area contributed by atoms with E-state index in [0.29, 0.717) is 0 Å². The minimum absolute atomic E-state index is 0.753. The van der Waals surface area contributed by atoms with Crippen molar-refractivity contribution in [3.05, 3.63) is 35.4 Å². The lowest BCUT2D eigenvalue weighted by Gasteiger charge is -2.28. The maximum atomic E-state index is 5.56. The Morgan fingerprint density at radius 3 is 2.72 bits per heavy atom. The molecule has 1 aromatic carbocycles. The van der Waals surface area contributed by atoms with E-state index in [1.807, 2.05) is 0 Å². The number of anilines is 1. The molecule has 1 aliphatic heterocycles. The number of aromatic nitrogens is 1. The maximum absolute atomic E-state index is 5.56. The molecule has 0 unspecified atom stereocenters. The summed E-state index contributed by atoms with van der Waals surface area (Å²) in [5.74, 6) is 1.13. The third-order valence-corrected chi connectivity index (χ3v) is 5.41. The minimum atomic E-state index is 0.753. The average Bonchev–Trinajstić information content (AvgIpc) is 2.63. The first kappa shape index (κ1) is 18.3. The summed E-state index contributed by atoms with van der Waals surface area (Å²) < 4.78 is 0. The quantitative estimate of drug-likeness (QED) is 0.583. The molecule has 0 radical (unpaired) electrons. The van der Waals surface area contributed by atoms with Crippen LogP contribution in [-0.4, -0.2) is 29.5 Å². The molecular formula is C21H29N3S. The van der Waals surface area contributed by atoms with Crippen molar-refractivity contribution in [2.75, 3.05) is 24.5 Å². The summed E-state index contributed by atoms with van der Waals surface area (Å²) in [7, 11) is 0. The van der Waals surface area contributed by atoms with Crippen molar-refractivity contribution in [2.24, 2.45) is 5.73 Å². The normalized spacial score (nSPS) is 14.9. The van der Waals surface area contributed by atoms with Crippen molar-refractivity contribution in [1.29, 1.82) is 0 Å². The molecule has 0 atom stereocenters. The lowest BCUT2D eigenvalue weighted by molar-refractivity contribution is 0.574. The van der Waals surface area contributed by atoms with E-state index in [4.69, 9.17) is 22.9 Å². The van der Waals surface area contributed by atoms with Crippen molar-refractivity contribution >= 4 is 33.8 Å². The molecule has 2 aromatic rings. The fraction of sp³-hybridized carbons (Fsp3) is 0.524. The molecule has 4 heteroatoms. The van der Waals surface area contributed by atoms with Crippen LogP contribution in [0.5, 0.6) is 0 Å². The number of thiocarbonyl (C=S) groups is 1. The fourth-order valence-electron chi connectivity index (χ4n) is 3.60. The van der Waals surface area contributed by atoms with Crippen molar-refractivity contribution in [3.63, 3.8) is 0 Å². The molecular weight excluding hydrogens is 326 g/mol. The highest BCUT2D eigenvalue weighted by atomic mass is 32.1. The van der Waals surface area contributed by atoms with E-state index in [2.05, 4.69) is 36.1 Å². The fourth-order valence-corrected chi connectivity index (χ4v) is 3.91. The lowest BCUT2D eigenvalue weighted by Crippen LogP contribution is -2.30. The third kappa shape index (κ3) is 4.77. The largest absolute Gasteiger partial charge is 0.357 e. The molecule has 1 fully saturated rings. The minimum Gasteiger partial charge on any atom is -0.357 e. The van der Waals surface area contributed by atoms with Crippen LogP contribution in [0.1, 0.15) is 49.7 Å². The zero-order valence-electron chi connectivity index (χ0n) is 15.3. The van der Waals surface area contributed by atoms with Crippen molar-refractivity contribution in [3.8, 4) is 0 Å². The van der Waals surface area contributed by atoms with Crippen LogP contribution in [0.15, 0.2) is 24.3 Å². The second-order valence-electron chi connectivity index (χ2n) is 7.16. The first-order valence-electron chi connectivity index (χ1n) is 9.54. The van der Waals surface area contributed by atoms with E-state index in [1.54, 1.807) is 0 Å². The Hall–Kier alpha value is -1.52. The highest BCUT2D eigenvalue weighted by molar-refractivity contribution is 7.80. The van der Waals surface area contributed by atoms with Crippen LogP contribution in [0.4, 0.5) is 5.82 Å². The van der Waals surface area contributed by atoms with Crippen LogP contribution >= 0.6 is 12.2 Å². The van der Waals surface area contributed by atoms with Crippen molar-refractivity contribution in [2.45, 2.75) is 51.9 Å². The second-order valence-corrected chi connectivity index (χ2v) is 7.74. The second kappa shape index (κ2) is 8.72. The Balaban J connectivity index is 1.76. The van der Waals surface area contributed by atoms with E-state index < -0.39 is 0 Å². The Morgan fingerprint density at radius 2 is 1.96 bits per heavy atom. The van der Waals surface area contributed by atoms with Gasteiger partial charge in [-0.2, -0.15) is 0 Å². The van der Waals surface area contributed by atoms with Gasteiger partial charge in [-0.3, -0.25) is 0 Å². The van der Waals surface area contributed by atoms with Gasteiger partial charge >= 0.3 is 0 Å². The number of aryl methyl sites for hydroxylation is 1. The molecule has 3 nitrogen and oxygen atoms in total. The molecule has 25 heavy (non-hydrogen) atoms. The standard InChI is InChI=1S/C21H29N3S/c1-16-13-21(24-11-5-2-6-12-24)23-20-9-8-17(15-19(16)20)14-18(25)7-3-4-10-22/h8-9,13,15H,2-7,10-12,14,22H2,1H3. The molecule has 0 spiro atoms. The van der Waals surface area contributed by atoms with Crippen LogP contribution < -0.4 is 10.6 Å². The van der Waals surface area contributed by atoms with Crippen LogP contribution in [-0.2, 0) is 6.42 Å². The smallest absolute Gasteiger partial charge is 0.129 e. The van der Waals surface area contributed by atoms with Gasteiger partial charge in [-0.25, -0.2) is 4.98 Å². The number of nitrogens with zero attached hydrogens (tertiary/aromatic N) is 2. The highest BCUT2D eigenvalue weighted by Gasteiger charge is 2.14. The number of benzene rings is 1. The number of rotatable bonds is 7. The van der Waals surface area contributed by atoms with E-state index in [1.165, 1.54) is 35.8 Å². The zero-order valence-corrected chi connectivity index (χ0v) is 16.1. The summed E-state index contributed by atoms with van der Waals surface area (Å²) in [6, 6.07) is 8.86. The Bertz CT molecular complexity index is 735. The summed E-state index contributed by atoms with van der Waals surface area (Å²) in [6.45, 7) is 5.21. The van der Waals surface area contributed by atoms with Gasteiger partial charge in [-0.1, -0.05) is 18.3 Å². The number of pyridine rings is 1. The third-order valence-electron chi connectivity index (χ3n) is 5.06. The van der Waals surface area contributed by atoms with Gasteiger partial charge in [0.05, 0.1) is 5.52 Å². The van der Waals surface area contributed by atoms with Crippen LogP contribution in [0.3, 0.4) is 0 Å². The van der Waals surface area contributed by atoms with E-state index in [0.717, 1.165) is 61.5 Å². The van der Waals surface area contributed by atoms with Crippen LogP contribution in [0.2, 0.25) is 0 Å². The molecule has 2 heterocycles. The topological polar surface area (TPSA) is 42.2 Å². The number of hydrogen-bond donors (Lipinski definition) is 1. The SMILES string of the molecule is Cc1cc(N2CCCCC2)nc2ccc(CC(=S)CCCCN)cc12. The van der Waals surface area contributed by atoms with E-state index in [-0.39, 0.29) is 0 Å². The van der Waals surface area contributed by atoms with Gasteiger partial charge in [0, 0.05) is 24.9 Å². The molecule has 0 bridgehead atoms. The van der Waals surface area contributed by atoms with Gasteiger partial charge in [-0.15, -0.1) is 0 Å². The van der Waals surface area contributed by atoms with E-state index in [9.17, 15) is 0 Å². The van der Waals surface area contributed by atoms with Gasteiger partial charge in [0.15, 0.2) is 0 Å². The molecule has 0 amide bonds. The summed E-state index contributed by atoms with van der Waals surface area (Å²) in [5.41, 5.74) is 9.25. The van der Waals surface area contributed by atoms with Gasteiger partial charge < -0.3 is 10.6 Å².